The summed E-state index contributed by atoms with van der Waals surface area (Å²) >= 11 is 0. The van der Waals surface area contributed by atoms with Gasteiger partial charge in [0.05, 0.1) is 0 Å². The summed E-state index contributed by atoms with van der Waals surface area (Å²) in [6, 6.07) is 16.1. The van der Waals surface area contributed by atoms with Crippen LogP contribution in [0.25, 0.3) is 0 Å². The average Bonchev–Trinajstić information content (AvgIpc) is 3.20. The molecule has 0 aliphatic heterocycles. The van der Waals surface area contributed by atoms with Gasteiger partial charge in [0.1, 0.15) is 37.9 Å². The van der Waals surface area contributed by atoms with Crippen molar-refractivity contribution in [3.8, 4) is 11.5 Å². The number of benzene rings is 2. The van der Waals surface area contributed by atoms with E-state index < -0.39 is 30.2 Å². The minimum Gasteiger partial charge on any atom is -0.490 e. The normalized spacial score (nSPS) is 20.2. The third-order valence-electron chi connectivity index (χ3n) is 11.4. The van der Waals surface area contributed by atoms with Gasteiger partial charge in [0.2, 0.25) is 0 Å². The smallest absolute Gasteiger partial charge is 0.407 e. The Morgan fingerprint density at radius 3 is 1.33 bits per heavy atom. The molecular weight excluding hydrogens is 773 g/mol. The molecule has 0 saturated heterocycles. The first kappa shape index (κ1) is 48.7. The Hall–Kier alpha value is -4.93. The molecule has 336 valence electrons. The van der Waals surface area contributed by atoms with Gasteiger partial charge in [-0.25, -0.2) is 14.4 Å². The maximum Gasteiger partial charge on any atom is 0.407 e. The molecule has 0 radical (unpaired) electrons. The lowest BCUT2D eigenvalue weighted by atomic mass is 9.76. The largest absolute Gasteiger partial charge is 0.490 e. The summed E-state index contributed by atoms with van der Waals surface area (Å²) in [7, 11) is 0. The van der Waals surface area contributed by atoms with Crippen LogP contribution in [0, 0.1) is 11.8 Å². The van der Waals surface area contributed by atoms with E-state index in [0.717, 1.165) is 51.4 Å². The van der Waals surface area contributed by atoms with Gasteiger partial charge in [-0.1, -0.05) is 79.0 Å². The van der Waals surface area contributed by atoms with E-state index in [0.29, 0.717) is 34.8 Å². The Morgan fingerprint density at radius 2 is 0.951 bits per heavy atom. The molecule has 2 aliphatic rings. The van der Waals surface area contributed by atoms with Crippen LogP contribution in [0.1, 0.15) is 124 Å². The monoisotopic (exact) mass is 845 g/mol. The zero-order valence-corrected chi connectivity index (χ0v) is 38.1. The van der Waals surface area contributed by atoms with Crippen molar-refractivity contribution in [2.75, 3.05) is 26.4 Å². The predicted octanol–water partition coefficient (Wildman–Crippen LogP) is 10.0. The highest BCUT2D eigenvalue weighted by Gasteiger charge is 2.29. The molecule has 11 nitrogen and oxygen atoms in total. The van der Waals surface area contributed by atoms with Crippen molar-refractivity contribution in [1.29, 1.82) is 0 Å². The summed E-state index contributed by atoms with van der Waals surface area (Å²) in [6.07, 6.45) is 7.39. The van der Waals surface area contributed by atoms with E-state index >= 15 is 0 Å². The number of carbonyl (C=O) groups is 3. The molecule has 61 heavy (non-hydrogen) atoms. The molecule has 11 heteroatoms. The Morgan fingerprint density at radius 1 is 0.574 bits per heavy atom. The molecule has 2 aromatic carbocycles. The van der Waals surface area contributed by atoms with E-state index in [-0.39, 0.29) is 54.9 Å². The third kappa shape index (κ3) is 17.2. The SMILES string of the molecule is C=C(NC1CCC(CC2CCC(NC(=O)OC(COC(=O)C(=C)C)COc3ccc(C(C)(C)C)cc3)CC2)CC1)OC(COC(=O)C(=C)C)COc1ccc(C(C)(C)C)cc1. The zero-order chi connectivity index (χ0) is 44.7. The van der Waals surface area contributed by atoms with Crippen LogP contribution in [-0.2, 0) is 39.4 Å². The number of amides is 1. The molecule has 2 saturated carbocycles. The molecule has 2 fully saturated rings. The van der Waals surface area contributed by atoms with Crippen molar-refractivity contribution >= 4 is 18.0 Å². The second-order valence-electron chi connectivity index (χ2n) is 19.1. The van der Waals surface area contributed by atoms with Crippen LogP contribution in [0.4, 0.5) is 4.79 Å². The number of ether oxygens (including phenoxy) is 6. The minimum atomic E-state index is -0.792. The van der Waals surface area contributed by atoms with Crippen LogP contribution in [0.5, 0.6) is 11.5 Å². The third-order valence-corrected chi connectivity index (χ3v) is 11.4. The lowest BCUT2D eigenvalue weighted by molar-refractivity contribution is -0.143. The van der Waals surface area contributed by atoms with Gasteiger partial charge < -0.3 is 39.1 Å². The highest BCUT2D eigenvalue weighted by Crippen LogP contribution is 2.36. The molecule has 4 rings (SSSR count). The number of carbonyl (C=O) groups excluding carboxylic acids is 3. The van der Waals surface area contributed by atoms with Gasteiger partial charge in [-0.05, 0) is 136 Å². The summed E-state index contributed by atoms with van der Waals surface area (Å²) in [5.41, 5.74) is 3.03. The Kier molecular flexibility index (Phi) is 18.2. The van der Waals surface area contributed by atoms with Crippen LogP contribution in [-0.4, -0.2) is 68.8 Å². The van der Waals surface area contributed by atoms with Crippen LogP contribution in [0.2, 0.25) is 0 Å². The van der Waals surface area contributed by atoms with E-state index in [4.69, 9.17) is 28.4 Å². The topological polar surface area (TPSA) is 131 Å². The molecular formula is C50H72N2O9. The fraction of sp³-hybridized carbons (Fsp3) is 0.580. The van der Waals surface area contributed by atoms with Crippen molar-refractivity contribution in [3.63, 3.8) is 0 Å². The number of alkyl carbamates (subject to hydrolysis) is 1. The molecule has 0 spiro atoms. The van der Waals surface area contributed by atoms with Crippen molar-refractivity contribution in [1.82, 2.24) is 10.6 Å². The molecule has 0 bridgehead atoms. The van der Waals surface area contributed by atoms with Gasteiger partial charge in [-0.3, -0.25) is 0 Å². The summed E-state index contributed by atoms with van der Waals surface area (Å²) < 4.78 is 34.6. The number of hydrogen-bond acceptors (Lipinski definition) is 10. The fourth-order valence-corrected chi connectivity index (χ4v) is 7.67. The van der Waals surface area contributed by atoms with E-state index in [1.165, 1.54) is 17.5 Å². The van der Waals surface area contributed by atoms with Crippen LogP contribution in [0.3, 0.4) is 0 Å². The van der Waals surface area contributed by atoms with Gasteiger partial charge in [-0.15, -0.1) is 0 Å². The lowest BCUT2D eigenvalue weighted by Gasteiger charge is -2.35. The second-order valence-corrected chi connectivity index (χ2v) is 19.1. The van der Waals surface area contributed by atoms with Gasteiger partial charge in [0.15, 0.2) is 18.1 Å². The Bertz CT molecular complexity index is 1630. The van der Waals surface area contributed by atoms with Crippen LogP contribution >= 0.6 is 0 Å². The molecule has 2 unspecified atom stereocenters. The number of hydrogen-bond donors (Lipinski definition) is 2. The maximum atomic E-state index is 13.0. The van der Waals surface area contributed by atoms with E-state index in [1.807, 2.05) is 36.4 Å². The molecule has 2 aliphatic carbocycles. The number of esters is 2. The molecule has 2 atom stereocenters. The highest BCUT2D eigenvalue weighted by molar-refractivity contribution is 5.87. The summed E-state index contributed by atoms with van der Waals surface area (Å²) in [6.45, 7) is 27.7. The minimum absolute atomic E-state index is 0.00805. The average molecular weight is 845 g/mol. The van der Waals surface area contributed by atoms with Gasteiger partial charge >= 0.3 is 18.0 Å². The summed E-state index contributed by atoms with van der Waals surface area (Å²) in [4.78, 5) is 37.3. The van der Waals surface area contributed by atoms with Crippen LogP contribution in [0.15, 0.2) is 85.3 Å². The molecule has 0 aromatic heterocycles. The zero-order valence-electron chi connectivity index (χ0n) is 38.1. The number of nitrogens with one attached hydrogen (secondary N) is 2. The van der Waals surface area contributed by atoms with Crippen molar-refractivity contribution < 1.29 is 42.8 Å². The summed E-state index contributed by atoms with van der Waals surface area (Å²) in [5, 5.41) is 6.51. The quantitative estimate of drug-likeness (QED) is 0.0575. The second kappa shape index (κ2) is 22.8. The maximum absolute atomic E-state index is 13.0. The van der Waals surface area contributed by atoms with Crippen LogP contribution < -0.4 is 20.1 Å². The lowest BCUT2D eigenvalue weighted by Crippen LogP contribution is -2.42. The molecule has 1 amide bonds. The first-order valence-corrected chi connectivity index (χ1v) is 22.0. The molecule has 0 heterocycles. The molecule has 2 N–H and O–H groups in total. The van der Waals surface area contributed by atoms with Gasteiger partial charge in [0.25, 0.3) is 0 Å². The van der Waals surface area contributed by atoms with Gasteiger partial charge in [-0.2, -0.15) is 0 Å². The number of rotatable bonds is 20. The first-order chi connectivity index (χ1) is 28.7. The fourth-order valence-electron chi connectivity index (χ4n) is 7.67. The Labute approximate surface area is 365 Å². The molecule has 2 aromatic rings. The van der Waals surface area contributed by atoms with Crippen molar-refractivity contribution in [2.24, 2.45) is 11.8 Å². The van der Waals surface area contributed by atoms with Crippen molar-refractivity contribution in [3.05, 3.63) is 96.4 Å². The van der Waals surface area contributed by atoms with E-state index in [9.17, 15) is 14.4 Å². The Balaban J connectivity index is 1.17. The highest BCUT2D eigenvalue weighted by atomic mass is 16.6. The predicted molar refractivity (Wildman–Crippen MR) is 239 cm³/mol. The van der Waals surface area contributed by atoms with Gasteiger partial charge in [0, 0.05) is 23.2 Å². The van der Waals surface area contributed by atoms with E-state index in [1.54, 1.807) is 13.8 Å². The van der Waals surface area contributed by atoms with Crippen molar-refractivity contribution in [2.45, 2.75) is 148 Å². The summed E-state index contributed by atoms with van der Waals surface area (Å²) in [5.74, 6) is 2.02. The standard InChI is InChI=1S/C50H72N2O9/c1-33(2)46(53)58-31-44(29-56-42-24-16-38(17-25-42)49(6,7)8)60-35(5)51-40-20-12-36(13-21-40)28-37-14-22-41(23-15-37)52-48(55)61-45(32-59-47(54)34(3)4)30-57-43-26-18-39(19-27-43)50(9,10)11/h16-19,24-27,36-37,40-41,44-45,51H,1,3,5,12-15,20-23,28-32H2,2,4,6-11H3,(H,52,55). The van der Waals surface area contributed by atoms with E-state index in [2.05, 4.69) is 84.0 Å². The first-order valence-electron chi connectivity index (χ1n) is 22.0.